The molecule has 0 aliphatic heterocycles. The molecule has 0 amide bonds. The number of aromatic nitrogens is 3. The summed E-state index contributed by atoms with van der Waals surface area (Å²) in [5.74, 6) is 2.35. The zero-order valence-corrected chi connectivity index (χ0v) is 17.2. The van der Waals surface area contributed by atoms with E-state index in [9.17, 15) is 0 Å². The number of oxazole rings is 1. The molecule has 5 aromatic rings. The number of anilines is 2. The molecule has 2 heterocycles. The lowest BCUT2D eigenvalue weighted by Crippen LogP contribution is -1.99. The Kier molecular flexibility index (Phi) is 5.57. The number of rotatable bonds is 7. The molecule has 2 aromatic heterocycles. The Morgan fingerprint density at radius 3 is 2.47 bits per heavy atom. The van der Waals surface area contributed by atoms with Crippen molar-refractivity contribution >= 4 is 11.6 Å². The second-order valence-corrected chi connectivity index (χ2v) is 7.09. The normalized spacial score (nSPS) is 10.6. The first-order chi connectivity index (χ1) is 15.8. The summed E-state index contributed by atoms with van der Waals surface area (Å²) >= 11 is 0. The van der Waals surface area contributed by atoms with Crippen LogP contribution in [0, 0.1) is 0 Å². The van der Waals surface area contributed by atoms with Crippen LogP contribution in [0.2, 0.25) is 0 Å². The molecule has 0 spiro atoms. The number of benzene rings is 3. The van der Waals surface area contributed by atoms with Crippen LogP contribution in [0.15, 0.2) is 108 Å². The summed E-state index contributed by atoms with van der Waals surface area (Å²) in [6.07, 6.45) is 3.36. The van der Waals surface area contributed by atoms with Crippen molar-refractivity contribution in [2.24, 2.45) is 0 Å². The molecule has 3 aromatic carbocycles. The molecular formula is C26H20N4O2. The van der Waals surface area contributed by atoms with Crippen molar-refractivity contribution in [2.45, 2.75) is 6.61 Å². The zero-order valence-electron chi connectivity index (χ0n) is 17.2. The minimum absolute atomic E-state index is 0.459. The van der Waals surface area contributed by atoms with E-state index >= 15 is 0 Å². The Hall–Kier alpha value is -4.45. The molecule has 0 aliphatic rings. The third-order valence-electron chi connectivity index (χ3n) is 4.77. The highest BCUT2D eigenvalue weighted by atomic mass is 16.5. The Labute approximate surface area is 185 Å². The lowest BCUT2D eigenvalue weighted by molar-refractivity contribution is 0.306. The third-order valence-corrected chi connectivity index (χ3v) is 4.77. The van der Waals surface area contributed by atoms with Crippen LogP contribution in [0.3, 0.4) is 0 Å². The lowest BCUT2D eigenvalue weighted by Gasteiger charge is -2.09. The van der Waals surface area contributed by atoms with Crippen molar-refractivity contribution < 1.29 is 9.15 Å². The van der Waals surface area contributed by atoms with Crippen LogP contribution in [0.25, 0.3) is 22.9 Å². The highest BCUT2D eigenvalue weighted by Crippen LogP contribution is 2.26. The van der Waals surface area contributed by atoms with Gasteiger partial charge in [-0.2, -0.15) is 0 Å². The van der Waals surface area contributed by atoms with E-state index in [2.05, 4.69) is 20.3 Å². The molecule has 1 N–H and O–H groups in total. The first-order valence-corrected chi connectivity index (χ1v) is 10.2. The summed E-state index contributed by atoms with van der Waals surface area (Å²) in [6, 6.07) is 29.3. The van der Waals surface area contributed by atoms with Crippen LogP contribution >= 0.6 is 0 Å². The molecule has 0 bridgehead atoms. The van der Waals surface area contributed by atoms with E-state index in [1.54, 1.807) is 18.5 Å². The molecule has 0 aliphatic carbocycles. The number of hydrogen-bond acceptors (Lipinski definition) is 6. The van der Waals surface area contributed by atoms with Crippen LogP contribution < -0.4 is 10.1 Å². The fourth-order valence-corrected chi connectivity index (χ4v) is 3.20. The smallest absolute Gasteiger partial charge is 0.227 e. The van der Waals surface area contributed by atoms with Crippen molar-refractivity contribution in [2.75, 3.05) is 5.32 Å². The van der Waals surface area contributed by atoms with Crippen molar-refractivity contribution in [3.63, 3.8) is 0 Å². The standard InChI is InChI=1S/C26H20N4O2/c1-3-8-19(9-4-1)18-31-22-13-7-12-21(16-22)29-26-27-15-14-23(30-26)24-17-28-25(32-24)20-10-5-2-6-11-20/h1-17H,18H2,(H,27,29,30). The van der Waals surface area contributed by atoms with E-state index in [0.29, 0.717) is 29.9 Å². The quantitative estimate of drug-likeness (QED) is 0.342. The molecule has 156 valence electrons. The van der Waals surface area contributed by atoms with Gasteiger partial charge in [0.15, 0.2) is 5.76 Å². The summed E-state index contributed by atoms with van der Waals surface area (Å²) in [6.45, 7) is 0.505. The Morgan fingerprint density at radius 2 is 1.62 bits per heavy atom. The van der Waals surface area contributed by atoms with Gasteiger partial charge in [0.2, 0.25) is 11.8 Å². The average Bonchev–Trinajstić information content (AvgIpc) is 3.35. The highest BCUT2D eigenvalue weighted by Gasteiger charge is 2.11. The van der Waals surface area contributed by atoms with Gasteiger partial charge in [0.1, 0.15) is 18.1 Å². The fraction of sp³-hybridized carbons (Fsp3) is 0.0385. The highest BCUT2D eigenvalue weighted by molar-refractivity contribution is 5.61. The number of nitrogens with zero attached hydrogens (tertiary/aromatic N) is 3. The van der Waals surface area contributed by atoms with Crippen molar-refractivity contribution in [1.82, 2.24) is 15.0 Å². The second kappa shape index (κ2) is 9.14. The number of hydrogen-bond donors (Lipinski definition) is 1. The SMILES string of the molecule is c1ccc(COc2cccc(Nc3nccc(-c4cnc(-c5ccccc5)o4)n3)c2)cc1. The molecule has 32 heavy (non-hydrogen) atoms. The summed E-state index contributed by atoms with van der Waals surface area (Å²) in [5.41, 5.74) is 3.51. The monoisotopic (exact) mass is 420 g/mol. The maximum Gasteiger partial charge on any atom is 0.227 e. The molecule has 5 rings (SSSR count). The molecular weight excluding hydrogens is 400 g/mol. The van der Waals surface area contributed by atoms with E-state index in [-0.39, 0.29) is 0 Å². The van der Waals surface area contributed by atoms with Crippen LogP contribution in [0.4, 0.5) is 11.6 Å². The first-order valence-electron chi connectivity index (χ1n) is 10.2. The predicted molar refractivity (Wildman–Crippen MR) is 123 cm³/mol. The van der Waals surface area contributed by atoms with Gasteiger partial charge in [-0.05, 0) is 35.9 Å². The third kappa shape index (κ3) is 4.65. The average molecular weight is 420 g/mol. The summed E-state index contributed by atoms with van der Waals surface area (Å²) < 4.78 is 11.8. The van der Waals surface area contributed by atoms with Gasteiger partial charge in [-0.1, -0.05) is 54.6 Å². The van der Waals surface area contributed by atoms with Crippen molar-refractivity contribution in [1.29, 1.82) is 0 Å². The van der Waals surface area contributed by atoms with Gasteiger partial charge < -0.3 is 14.5 Å². The van der Waals surface area contributed by atoms with Gasteiger partial charge in [0, 0.05) is 23.5 Å². The van der Waals surface area contributed by atoms with Gasteiger partial charge >= 0.3 is 0 Å². The number of nitrogens with one attached hydrogen (secondary N) is 1. The molecule has 6 nitrogen and oxygen atoms in total. The minimum Gasteiger partial charge on any atom is -0.489 e. The lowest BCUT2D eigenvalue weighted by atomic mass is 10.2. The van der Waals surface area contributed by atoms with Gasteiger partial charge in [-0.15, -0.1) is 0 Å². The van der Waals surface area contributed by atoms with Gasteiger partial charge in [0.25, 0.3) is 0 Å². The van der Waals surface area contributed by atoms with E-state index in [1.165, 1.54) is 0 Å². The van der Waals surface area contributed by atoms with E-state index in [4.69, 9.17) is 9.15 Å². The summed E-state index contributed by atoms with van der Waals surface area (Å²) in [7, 11) is 0. The minimum atomic E-state index is 0.459. The first kappa shape index (κ1) is 19.5. The van der Waals surface area contributed by atoms with Gasteiger partial charge in [-0.25, -0.2) is 15.0 Å². The Bertz CT molecular complexity index is 1300. The predicted octanol–water partition coefficient (Wildman–Crippen LogP) is 6.12. The second-order valence-electron chi connectivity index (χ2n) is 7.09. The van der Waals surface area contributed by atoms with Crippen molar-refractivity contribution in [3.8, 4) is 28.7 Å². The Morgan fingerprint density at radius 1 is 0.812 bits per heavy atom. The summed E-state index contributed by atoms with van der Waals surface area (Å²) in [5, 5.41) is 3.23. The van der Waals surface area contributed by atoms with Crippen LogP contribution in [0.1, 0.15) is 5.56 Å². The molecule has 0 saturated carbocycles. The van der Waals surface area contributed by atoms with Crippen LogP contribution in [-0.2, 0) is 6.61 Å². The van der Waals surface area contributed by atoms with Gasteiger partial charge in [0.05, 0.1) is 6.20 Å². The molecule has 0 saturated heterocycles. The van der Waals surface area contributed by atoms with Crippen LogP contribution in [-0.4, -0.2) is 15.0 Å². The van der Waals surface area contributed by atoms with Crippen LogP contribution in [0.5, 0.6) is 5.75 Å². The van der Waals surface area contributed by atoms with E-state index < -0.39 is 0 Å². The summed E-state index contributed by atoms with van der Waals surface area (Å²) in [4.78, 5) is 13.3. The van der Waals surface area contributed by atoms with Crippen molar-refractivity contribution in [3.05, 3.63) is 109 Å². The maximum atomic E-state index is 5.90. The van der Waals surface area contributed by atoms with E-state index in [1.807, 2.05) is 84.9 Å². The fourth-order valence-electron chi connectivity index (χ4n) is 3.20. The Balaban J connectivity index is 1.30. The topological polar surface area (TPSA) is 73.1 Å². The molecule has 6 heteroatoms. The maximum absolute atomic E-state index is 5.90. The largest absolute Gasteiger partial charge is 0.489 e. The number of ether oxygens (including phenoxy) is 1. The molecule has 0 atom stereocenters. The molecule has 0 unspecified atom stereocenters. The van der Waals surface area contributed by atoms with Gasteiger partial charge in [-0.3, -0.25) is 0 Å². The molecule has 0 radical (unpaired) electrons. The molecule has 0 fully saturated rings. The zero-order chi connectivity index (χ0) is 21.6. The van der Waals surface area contributed by atoms with E-state index in [0.717, 1.165) is 22.6 Å².